The lowest BCUT2D eigenvalue weighted by Crippen LogP contribution is -2.41. The smallest absolute Gasteiger partial charge is 0.122 e. The quantitative estimate of drug-likeness (QED) is 0.882. The van der Waals surface area contributed by atoms with Gasteiger partial charge in [0.1, 0.15) is 11.9 Å². The number of piperidine rings is 1. The highest BCUT2D eigenvalue weighted by Gasteiger charge is 2.23. The summed E-state index contributed by atoms with van der Waals surface area (Å²) < 4.78 is 6.25. The minimum absolute atomic E-state index is 0.354. The molecule has 0 saturated carbocycles. The Morgan fingerprint density at radius 1 is 1.33 bits per heavy atom. The van der Waals surface area contributed by atoms with Crippen LogP contribution in [-0.2, 0) is 0 Å². The van der Waals surface area contributed by atoms with Gasteiger partial charge in [-0.15, -0.1) is 0 Å². The highest BCUT2D eigenvalue weighted by molar-refractivity contribution is 5.38. The van der Waals surface area contributed by atoms with E-state index in [1.807, 2.05) is 0 Å². The Bertz CT molecular complexity index is 400. The van der Waals surface area contributed by atoms with Crippen LogP contribution >= 0.6 is 0 Å². The van der Waals surface area contributed by atoms with Crippen LogP contribution in [0.25, 0.3) is 0 Å². The molecule has 1 fully saturated rings. The van der Waals surface area contributed by atoms with Gasteiger partial charge in [-0.05, 0) is 43.0 Å². The fourth-order valence-corrected chi connectivity index (χ4v) is 2.43. The SMILES string of the molecule is Cc1ccc(C(C)C)cc1OC1CCNCC1C. The molecule has 0 amide bonds. The van der Waals surface area contributed by atoms with Crippen molar-refractivity contribution in [2.24, 2.45) is 5.92 Å². The number of rotatable bonds is 3. The molecular formula is C16H25NO. The summed E-state index contributed by atoms with van der Waals surface area (Å²) in [5.74, 6) is 2.21. The van der Waals surface area contributed by atoms with Gasteiger partial charge in [0.15, 0.2) is 0 Å². The molecule has 0 spiro atoms. The van der Waals surface area contributed by atoms with E-state index in [0.29, 0.717) is 17.9 Å². The largest absolute Gasteiger partial charge is 0.490 e. The molecule has 0 aliphatic carbocycles. The number of aryl methyl sites for hydroxylation is 1. The molecule has 0 bridgehead atoms. The zero-order valence-electron chi connectivity index (χ0n) is 12.0. The molecule has 2 heteroatoms. The number of hydrogen-bond donors (Lipinski definition) is 1. The first-order valence-corrected chi connectivity index (χ1v) is 7.06. The Morgan fingerprint density at radius 2 is 2.11 bits per heavy atom. The fourth-order valence-electron chi connectivity index (χ4n) is 2.43. The average Bonchev–Trinajstić information content (AvgIpc) is 2.34. The maximum Gasteiger partial charge on any atom is 0.122 e. The first-order chi connectivity index (χ1) is 8.58. The lowest BCUT2D eigenvalue weighted by Gasteiger charge is -2.30. The number of benzene rings is 1. The van der Waals surface area contributed by atoms with Crippen molar-refractivity contribution in [3.63, 3.8) is 0 Å². The van der Waals surface area contributed by atoms with Gasteiger partial charge in [0.2, 0.25) is 0 Å². The molecular weight excluding hydrogens is 222 g/mol. The molecule has 1 aliphatic heterocycles. The number of hydrogen-bond acceptors (Lipinski definition) is 2. The minimum Gasteiger partial charge on any atom is -0.490 e. The molecule has 1 heterocycles. The summed E-state index contributed by atoms with van der Waals surface area (Å²) >= 11 is 0. The normalized spacial score (nSPS) is 24.3. The molecule has 2 atom stereocenters. The zero-order chi connectivity index (χ0) is 13.1. The summed E-state index contributed by atoms with van der Waals surface area (Å²) in [6.07, 6.45) is 1.46. The lowest BCUT2D eigenvalue weighted by atomic mass is 9.97. The van der Waals surface area contributed by atoms with E-state index in [1.165, 1.54) is 11.1 Å². The molecule has 1 aromatic rings. The van der Waals surface area contributed by atoms with Crippen LogP contribution in [0.2, 0.25) is 0 Å². The molecule has 1 aliphatic rings. The van der Waals surface area contributed by atoms with Crippen molar-refractivity contribution in [3.8, 4) is 5.75 Å². The molecule has 2 unspecified atom stereocenters. The van der Waals surface area contributed by atoms with Crippen LogP contribution in [0.3, 0.4) is 0 Å². The summed E-state index contributed by atoms with van der Waals surface area (Å²) in [5.41, 5.74) is 2.60. The van der Waals surface area contributed by atoms with E-state index >= 15 is 0 Å². The molecule has 2 rings (SSSR count). The molecule has 1 saturated heterocycles. The van der Waals surface area contributed by atoms with Gasteiger partial charge in [-0.3, -0.25) is 0 Å². The summed E-state index contributed by atoms with van der Waals surface area (Å²) in [6.45, 7) is 11.0. The van der Waals surface area contributed by atoms with Crippen LogP contribution < -0.4 is 10.1 Å². The Hall–Kier alpha value is -1.02. The zero-order valence-corrected chi connectivity index (χ0v) is 12.0. The van der Waals surface area contributed by atoms with Crippen molar-refractivity contribution >= 4 is 0 Å². The predicted molar refractivity (Wildman–Crippen MR) is 76.3 cm³/mol. The molecule has 0 aromatic heterocycles. The van der Waals surface area contributed by atoms with Crippen molar-refractivity contribution in [2.75, 3.05) is 13.1 Å². The standard InChI is InChI=1S/C16H25NO/c1-11(2)14-6-5-12(3)16(9-14)18-15-7-8-17-10-13(15)4/h5-6,9,11,13,15,17H,7-8,10H2,1-4H3. The van der Waals surface area contributed by atoms with Crippen molar-refractivity contribution in [2.45, 2.75) is 46.1 Å². The van der Waals surface area contributed by atoms with E-state index in [1.54, 1.807) is 0 Å². The summed E-state index contributed by atoms with van der Waals surface area (Å²) in [4.78, 5) is 0. The maximum atomic E-state index is 6.25. The summed E-state index contributed by atoms with van der Waals surface area (Å²) in [7, 11) is 0. The van der Waals surface area contributed by atoms with Crippen molar-refractivity contribution in [1.82, 2.24) is 5.32 Å². The Balaban J connectivity index is 2.14. The summed E-state index contributed by atoms with van der Waals surface area (Å²) in [5, 5.41) is 3.41. The first kappa shape index (κ1) is 13.4. The van der Waals surface area contributed by atoms with E-state index in [9.17, 15) is 0 Å². The van der Waals surface area contributed by atoms with Crippen LogP contribution in [-0.4, -0.2) is 19.2 Å². The van der Waals surface area contributed by atoms with Gasteiger partial charge < -0.3 is 10.1 Å². The summed E-state index contributed by atoms with van der Waals surface area (Å²) in [6, 6.07) is 6.60. The van der Waals surface area contributed by atoms with Crippen LogP contribution in [0.15, 0.2) is 18.2 Å². The maximum absolute atomic E-state index is 6.25. The fraction of sp³-hybridized carbons (Fsp3) is 0.625. The third-order valence-electron chi connectivity index (χ3n) is 3.86. The molecule has 2 nitrogen and oxygen atoms in total. The van der Waals surface area contributed by atoms with Crippen LogP contribution in [0.5, 0.6) is 5.75 Å². The second-order valence-corrected chi connectivity index (χ2v) is 5.81. The van der Waals surface area contributed by atoms with E-state index in [2.05, 4.69) is 51.2 Å². The van der Waals surface area contributed by atoms with E-state index in [-0.39, 0.29) is 0 Å². The lowest BCUT2D eigenvalue weighted by molar-refractivity contribution is 0.111. The topological polar surface area (TPSA) is 21.3 Å². The molecule has 1 N–H and O–H groups in total. The van der Waals surface area contributed by atoms with Gasteiger partial charge in [0.05, 0.1) is 0 Å². The van der Waals surface area contributed by atoms with Gasteiger partial charge in [-0.2, -0.15) is 0 Å². The Morgan fingerprint density at radius 3 is 2.78 bits per heavy atom. The molecule has 100 valence electrons. The van der Waals surface area contributed by atoms with Crippen molar-refractivity contribution < 1.29 is 4.74 Å². The van der Waals surface area contributed by atoms with E-state index in [4.69, 9.17) is 4.74 Å². The first-order valence-electron chi connectivity index (χ1n) is 7.06. The molecule has 18 heavy (non-hydrogen) atoms. The number of nitrogens with one attached hydrogen (secondary N) is 1. The van der Waals surface area contributed by atoms with Gasteiger partial charge in [-0.25, -0.2) is 0 Å². The molecule has 1 aromatic carbocycles. The third-order valence-corrected chi connectivity index (χ3v) is 3.86. The van der Waals surface area contributed by atoms with Crippen LogP contribution in [0.4, 0.5) is 0 Å². The minimum atomic E-state index is 0.354. The predicted octanol–water partition coefficient (Wildman–Crippen LogP) is 3.50. The van der Waals surface area contributed by atoms with E-state index in [0.717, 1.165) is 25.3 Å². The Labute approximate surface area is 111 Å². The highest BCUT2D eigenvalue weighted by atomic mass is 16.5. The second kappa shape index (κ2) is 5.75. The van der Waals surface area contributed by atoms with Crippen LogP contribution in [0, 0.1) is 12.8 Å². The van der Waals surface area contributed by atoms with Gasteiger partial charge >= 0.3 is 0 Å². The highest BCUT2D eigenvalue weighted by Crippen LogP contribution is 2.27. The van der Waals surface area contributed by atoms with Crippen molar-refractivity contribution in [3.05, 3.63) is 29.3 Å². The monoisotopic (exact) mass is 247 g/mol. The van der Waals surface area contributed by atoms with Crippen molar-refractivity contribution in [1.29, 1.82) is 0 Å². The van der Waals surface area contributed by atoms with E-state index < -0.39 is 0 Å². The average molecular weight is 247 g/mol. The Kier molecular flexibility index (Phi) is 4.28. The number of ether oxygens (including phenoxy) is 1. The van der Waals surface area contributed by atoms with Crippen LogP contribution in [0.1, 0.15) is 44.2 Å². The van der Waals surface area contributed by atoms with Gasteiger partial charge in [-0.1, -0.05) is 32.9 Å². The molecule has 0 radical (unpaired) electrons. The third kappa shape index (κ3) is 3.05. The van der Waals surface area contributed by atoms with Gasteiger partial charge in [0.25, 0.3) is 0 Å². The second-order valence-electron chi connectivity index (χ2n) is 5.81. The van der Waals surface area contributed by atoms with Gasteiger partial charge in [0, 0.05) is 12.5 Å².